The normalized spacial score (nSPS) is 14.2. The first-order chi connectivity index (χ1) is 15.1. The fourth-order valence-electron chi connectivity index (χ4n) is 3.52. The molecular weight excluding hydrogens is 390 g/mol. The van der Waals surface area contributed by atoms with Crippen molar-refractivity contribution < 1.29 is 9.59 Å². The summed E-state index contributed by atoms with van der Waals surface area (Å²) in [5.41, 5.74) is 3.86. The molecule has 1 aliphatic rings. The van der Waals surface area contributed by atoms with Crippen LogP contribution in [0, 0.1) is 0 Å². The molecule has 4 rings (SSSR count). The number of aromatic nitrogens is 2. The highest BCUT2D eigenvalue weighted by Crippen LogP contribution is 2.19. The van der Waals surface area contributed by atoms with E-state index in [4.69, 9.17) is 0 Å². The Labute approximate surface area is 181 Å². The first kappa shape index (κ1) is 20.5. The van der Waals surface area contributed by atoms with E-state index in [1.807, 2.05) is 67.6 Å². The molecule has 0 saturated carbocycles. The smallest absolute Gasteiger partial charge is 0.243 e. The van der Waals surface area contributed by atoms with Crippen molar-refractivity contribution in [3.63, 3.8) is 0 Å². The summed E-state index contributed by atoms with van der Waals surface area (Å²) in [6, 6.07) is 19.4. The monoisotopic (exact) mass is 415 g/mol. The van der Waals surface area contributed by atoms with Crippen LogP contribution in [-0.2, 0) is 9.59 Å². The van der Waals surface area contributed by atoms with Crippen molar-refractivity contribution >= 4 is 17.5 Å². The van der Waals surface area contributed by atoms with Gasteiger partial charge in [-0.15, -0.1) is 0 Å². The van der Waals surface area contributed by atoms with Crippen molar-refractivity contribution in [3.05, 3.63) is 78.2 Å². The van der Waals surface area contributed by atoms with Gasteiger partial charge in [0.25, 0.3) is 0 Å². The Morgan fingerprint density at radius 1 is 1.03 bits per heavy atom. The van der Waals surface area contributed by atoms with Crippen LogP contribution in [0.2, 0.25) is 0 Å². The Morgan fingerprint density at radius 2 is 1.71 bits per heavy atom. The molecule has 2 aromatic carbocycles. The molecule has 0 radical (unpaired) electrons. The number of carbonyl (C=O) groups is 2. The average Bonchev–Trinajstić information content (AvgIpc) is 3.49. The SMILES string of the molecule is CC(NC(=O)CCC(=O)N1CCC(c2ccccc2)=N1)c1ncc(-c2ccccc2)[nH]1. The van der Waals surface area contributed by atoms with Crippen LogP contribution in [0.3, 0.4) is 0 Å². The lowest BCUT2D eigenvalue weighted by atomic mass is 10.1. The number of hydrogen-bond acceptors (Lipinski definition) is 4. The molecule has 0 aliphatic carbocycles. The number of aromatic amines is 1. The summed E-state index contributed by atoms with van der Waals surface area (Å²) in [6.07, 6.45) is 2.72. The van der Waals surface area contributed by atoms with Gasteiger partial charge in [0.1, 0.15) is 5.82 Å². The molecule has 0 fully saturated rings. The molecule has 7 nitrogen and oxygen atoms in total. The van der Waals surface area contributed by atoms with Crippen molar-refractivity contribution in [2.75, 3.05) is 6.54 Å². The number of hydrazone groups is 1. The molecule has 7 heteroatoms. The van der Waals surface area contributed by atoms with Gasteiger partial charge in [0, 0.05) is 19.3 Å². The van der Waals surface area contributed by atoms with Crippen molar-refractivity contribution in [2.24, 2.45) is 5.10 Å². The molecule has 3 aromatic rings. The van der Waals surface area contributed by atoms with E-state index in [1.54, 1.807) is 6.20 Å². The highest BCUT2D eigenvalue weighted by Gasteiger charge is 2.22. The van der Waals surface area contributed by atoms with Gasteiger partial charge in [-0.3, -0.25) is 9.59 Å². The molecule has 1 atom stereocenters. The van der Waals surface area contributed by atoms with Crippen LogP contribution in [-0.4, -0.2) is 39.0 Å². The topological polar surface area (TPSA) is 90.4 Å². The fourth-order valence-corrected chi connectivity index (χ4v) is 3.52. The Bertz CT molecular complexity index is 1080. The van der Waals surface area contributed by atoms with E-state index < -0.39 is 0 Å². The van der Waals surface area contributed by atoms with Crippen molar-refractivity contribution in [1.29, 1.82) is 0 Å². The second kappa shape index (κ2) is 9.38. The minimum absolute atomic E-state index is 0.113. The first-order valence-corrected chi connectivity index (χ1v) is 10.4. The maximum Gasteiger partial charge on any atom is 0.243 e. The van der Waals surface area contributed by atoms with Crippen LogP contribution >= 0.6 is 0 Å². The van der Waals surface area contributed by atoms with E-state index in [0.29, 0.717) is 12.4 Å². The van der Waals surface area contributed by atoms with Crippen LogP contribution in [0.4, 0.5) is 0 Å². The summed E-state index contributed by atoms with van der Waals surface area (Å²) in [5.74, 6) is 0.346. The van der Waals surface area contributed by atoms with E-state index >= 15 is 0 Å². The number of amides is 2. The zero-order chi connectivity index (χ0) is 21.6. The van der Waals surface area contributed by atoms with Gasteiger partial charge in [0.2, 0.25) is 11.8 Å². The van der Waals surface area contributed by atoms with E-state index in [-0.39, 0.29) is 30.7 Å². The molecule has 1 unspecified atom stereocenters. The van der Waals surface area contributed by atoms with Gasteiger partial charge >= 0.3 is 0 Å². The summed E-state index contributed by atoms with van der Waals surface area (Å²) in [7, 11) is 0. The zero-order valence-corrected chi connectivity index (χ0v) is 17.4. The molecule has 1 aromatic heterocycles. The van der Waals surface area contributed by atoms with Crippen LogP contribution in [0.25, 0.3) is 11.3 Å². The molecule has 1 aliphatic heterocycles. The minimum atomic E-state index is -0.283. The molecule has 0 bridgehead atoms. The number of carbonyl (C=O) groups excluding carboxylic acids is 2. The lowest BCUT2D eigenvalue weighted by molar-refractivity contribution is -0.133. The highest BCUT2D eigenvalue weighted by molar-refractivity contribution is 6.02. The van der Waals surface area contributed by atoms with Crippen molar-refractivity contribution in [2.45, 2.75) is 32.2 Å². The van der Waals surface area contributed by atoms with Gasteiger partial charge in [0.05, 0.1) is 30.2 Å². The van der Waals surface area contributed by atoms with Gasteiger partial charge in [-0.1, -0.05) is 60.7 Å². The van der Waals surface area contributed by atoms with Crippen molar-refractivity contribution in [1.82, 2.24) is 20.3 Å². The second-order valence-electron chi connectivity index (χ2n) is 7.52. The summed E-state index contributed by atoms with van der Waals surface area (Å²) >= 11 is 0. The molecule has 158 valence electrons. The van der Waals surface area contributed by atoms with Crippen LogP contribution < -0.4 is 5.32 Å². The van der Waals surface area contributed by atoms with Crippen LogP contribution in [0.1, 0.15) is 43.6 Å². The van der Waals surface area contributed by atoms with Gasteiger partial charge in [0.15, 0.2) is 0 Å². The predicted octanol–water partition coefficient (Wildman–Crippen LogP) is 3.67. The minimum Gasteiger partial charge on any atom is -0.346 e. The lowest BCUT2D eigenvalue weighted by Crippen LogP contribution is -2.30. The number of nitrogens with zero attached hydrogens (tertiary/aromatic N) is 3. The molecule has 2 amide bonds. The van der Waals surface area contributed by atoms with Crippen molar-refractivity contribution in [3.8, 4) is 11.3 Å². The first-order valence-electron chi connectivity index (χ1n) is 10.4. The summed E-state index contributed by atoms with van der Waals surface area (Å²) in [6.45, 7) is 2.42. The standard InChI is InChI=1S/C24H25N5O2/c1-17(24-25-16-21(27-24)19-10-6-3-7-11-19)26-22(30)12-13-23(31)29-15-14-20(28-29)18-8-4-2-5-9-18/h2-11,16-17H,12-15H2,1H3,(H,25,27)(H,26,30). The van der Waals surface area contributed by atoms with E-state index in [0.717, 1.165) is 29.0 Å². The number of imidazole rings is 1. The summed E-state index contributed by atoms with van der Waals surface area (Å²) in [5, 5.41) is 8.80. The largest absolute Gasteiger partial charge is 0.346 e. The molecule has 31 heavy (non-hydrogen) atoms. The maximum atomic E-state index is 12.5. The van der Waals surface area contributed by atoms with E-state index in [1.165, 1.54) is 5.01 Å². The van der Waals surface area contributed by atoms with Gasteiger partial charge < -0.3 is 10.3 Å². The van der Waals surface area contributed by atoms with Crippen LogP contribution in [0.15, 0.2) is 72.0 Å². The van der Waals surface area contributed by atoms with Crippen LogP contribution in [0.5, 0.6) is 0 Å². The quantitative estimate of drug-likeness (QED) is 0.617. The van der Waals surface area contributed by atoms with E-state index in [9.17, 15) is 9.59 Å². The lowest BCUT2D eigenvalue weighted by Gasteiger charge is -2.13. The predicted molar refractivity (Wildman–Crippen MR) is 119 cm³/mol. The zero-order valence-electron chi connectivity index (χ0n) is 17.4. The second-order valence-corrected chi connectivity index (χ2v) is 7.52. The Kier molecular flexibility index (Phi) is 6.21. The number of H-pyrrole nitrogens is 1. The third-order valence-corrected chi connectivity index (χ3v) is 5.23. The average molecular weight is 415 g/mol. The third kappa shape index (κ3) is 5.06. The summed E-state index contributed by atoms with van der Waals surface area (Å²) in [4.78, 5) is 32.4. The molecule has 0 saturated heterocycles. The molecular formula is C24H25N5O2. The summed E-state index contributed by atoms with van der Waals surface area (Å²) < 4.78 is 0. The van der Waals surface area contributed by atoms with Gasteiger partial charge in [-0.05, 0) is 18.1 Å². The number of benzene rings is 2. The van der Waals surface area contributed by atoms with Gasteiger partial charge in [-0.2, -0.15) is 5.10 Å². The van der Waals surface area contributed by atoms with Gasteiger partial charge in [-0.25, -0.2) is 9.99 Å². The Morgan fingerprint density at radius 3 is 2.42 bits per heavy atom. The highest BCUT2D eigenvalue weighted by atomic mass is 16.2. The number of nitrogens with one attached hydrogen (secondary N) is 2. The molecule has 2 heterocycles. The number of rotatable bonds is 7. The maximum absolute atomic E-state index is 12.5. The number of hydrogen-bond donors (Lipinski definition) is 2. The third-order valence-electron chi connectivity index (χ3n) is 5.23. The Balaban J connectivity index is 1.27. The fraction of sp³-hybridized carbons (Fsp3) is 0.250. The molecule has 2 N–H and O–H groups in total. The molecule has 0 spiro atoms. The van der Waals surface area contributed by atoms with E-state index in [2.05, 4.69) is 20.4 Å². The Hall–Kier alpha value is -3.74.